The summed E-state index contributed by atoms with van der Waals surface area (Å²) in [6.45, 7) is 14.6. The largest absolute Gasteiger partial charge is 0.330 e. The first-order valence-electron chi connectivity index (χ1n) is 43.9. The minimum absolute atomic E-state index is 0.0814. The Kier molecular flexibility index (Phi) is 46.7. The van der Waals surface area contributed by atoms with Gasteiger partial charge in [-0.25, -0.2) is 17.6 Å². The Morgan fingerprint density at radius 1 is 0.235 bits per heavy atom. The van der Waals surface area contributed by atoms with Crippen molar-refractivity contribution >= 4 is 116 Å². The first-order chi connectivity index (χ1) is 63.3. The number of hydrogen-bond donors (Lipinski definition) is 7. The van der Waals surface area contributed by atoms with E-state index in [1.54, 1.807) is 66.7 Å². The van der Waals surface area contributed by atoms with E-state index in [4.69, 9.17) is 156 Å². The van der Waals surface area contributed by atoms with Crippen molar-refractivity contribution in [3.63, 3.8) is 0 Å². The van der Waals surface area contributed by atoms with Gasteiger partial charge in [0.05, 0.1) is 0 Å². The Balaban J connectivity index is 0.000000190. The summed E-state index contributed by atoms with van der Waals surface area (Å²) in [6.07, 6.45) is 2.83. The van der Waals surface area contributed by atoms with Crippen LogP contribution >= 0.6 is 116 Å². The third-order valence-corrected chi connectivity index (χ3v) is 25.1. The number of nitrogens with two attached hydrogens (primary N) is 7. The average Bonchev–Trinajstić information content (AvgIpc) is 0.807. The lowest BCUT2D eigenvalue weighted by atomic mass is 9.79. The monoisotopic (exact) mass is 1970 g/mol. The summed E-state index contributed by atoms with van der Waals surface area (Å²) in [5.41, 5.74) is 55.0. The molecule has 7 atom stereocenters. The number of benzene rings is 14. The molecule has 0 aliphatic heterocycles. The van der Waals surface area contributed by atoms with Crippen LogP contribution in [0.15, 0.2) is 340 Å². The summed E-state index contributed by atoms with van der Waals surface area (Å²) in [5.74, 6) is 0.196. The zero-order valence-corrected chi connectivity index (χ0v) is 82.4. The van der Waals surface area contributed by atoms with Crippen molar-refractivity contribution in [2.24, 2.45) is 57.9 Å². The van der Waals surface area contributed by atoms with E-state index in [-0.39, 0.29) is 88.7 Å². The van der Waals surface area contributed by atoms with E-state index in [1.165, 1.54) is 86.0 Å². The third-order valence-electron chi connectivity index (χ3n) is 22.7. The van der Waals surface area contributed by atoms with Crippen LogP contribution in [-0.4, -0.2) is 44.3 Å². The van der Waals surface area contributed by atoms with Gasteiger partial charge in [0.1, 0.15) is 23.3 Å². The van der Waals surface area contributed by atoms with Crippen molar-refractivity contribution < 1.29 is 17.6 Å². The van der Waals surface area contributed by atoms with E-state index in [1.807, 2.05) is 203 Å². The Bertz CT molecular complexity index is 5350. The van der Waals surface area contributed by atoms with E-state index in [0.717, 1.165) is 68.6 Å². The van der Waals surface area contributed by atoms with Gasteiger partial charge >= 0.3 is 0 Å². The van der Waals surface area contributed by atoms with Crippen LogP contribution in [0, 0.1) is 41.0 Å². The lowest BCUT2D eigenvalue weighted by Gasteiger charge is -2.28. The van der Waals surface area contributed by atoms with Crippen LogP contribution in [-0.2, 0) is 0 Å². The first-order valence-corrected chi connectivity index (χ1v) is 47.7. The first kappa shape index (κ1) is 109. The second-order valence-electron chi connectivity index (χ2n) is 33.0. The second-order valence-corrected chi connectivity index (χ2v) is 37.4. The van der Waals surface area contributed by atoms with Gasteiger partial charge in [0.15, 0.2) is 0 Å². The fourth-order valence-electron chi connectivity index (χ4n) is 16.2. The Hall–Kier alpha value is -8.58. The molecule has 14 aromatic carbocycles. The molecule has 0 saturated heterocycles. The Labute approximate surface area is 828 Å². The molecule has 132 heavy (non-hydrogen) atoms. The molecule has 3 unspecified atom stereocenters. The van der Waals surface area contributed by atoms with Gasteiger partial charge in [-0.05, 0) is 320 Å². The normalized spacial score (nSPS) is 12.6. The molecule has 694 valence electrons. The van der Waals surface area contributed by atoms with Gasteiger partial charge in [0.25, 0.3) is 0 Å². The standard InChI is InChI=1S/C17H19Cl2N.4C16H17Cl2N.2C15H15F2N/c1-11(12(2)20)17(13-5-3-7-15(18)9-13)14-6-4-8-16(19)10-14;2*1-11(10-19)16(12-4-2-6-14(17)8-12)13-5-3-7-15(18)9-13;2*1-11(19)8-16(12-4-2-6-14(17)9-12)13-5-3-7-15(18)10-13;16-14-7-3-1-5-12(14)11(9-10-18)13-6-2-4-8-15(13)17;16-12-5-3-4-11(10-12)13(8-9-18)14-6-1-2-7-15(14)17/h3-12,17H,20H2,1-2H3;2*2-9,11,16H,10,19H2,1H3;2*2-7,9-11,16H,8,19H2,1H3;1-8,11H,9-10,18H2;1-7,10,13H,8-9,18H2/t;4*11-;;/m.1010../s1. The van der Waals surface area contributed by atoms with Gasteiger partial charge < -0.3 is 40.1 Å². The molecule has 0 bridgehead atoms. The van der Waals surface area contributed by atoms with E-state index in [2.05, 4.69) is 81.4 Å². The summed E-state index contributed by atoms with van der Waals surface area (Å²) < 4.78 is 54.7. The number of rotatable bonds is 28. The van der Waals surface area contributed by atoms with Gasteiger partial charge in [-0.1, -0.05) is 325 Å². The fourth-order valence-corrected chi connectivity index (χ4v) is 18.1. The minimum atomic E-state index is -0.336. The smallest absolute Gasteiger partial charge is 0.127 e. The maximum atomic E-state index is 13.8. The highest BCUT2D eigenvalue weighted by Gasteiger charge is 2.28. The zero-order chi connectivity index (χ0) is 95.9. The van der Waals surface area contributed by atoms with Crippen molar-refractivity contribution in [1.29, 1.82) is 0 Å². The van der Waals surface area contributed by atoms with Crippen LogP contribution in [0.2, 0.25) is 50.2 Å². The van der Waals surface area contributed by atoms with E-state index in [9.17, 15) is 17.6 Å². The van der Waals surface area contributed by atoms with Crippen LogP contribution < -0.4 is 40.1 Å². The maximum absolute atomic E-state index is 13.8. The quantitative estimate of drug-likeness (QED) is 0.0238. The molecule has 0 heterocycles. The number of hydrogen-bond acceptors (Lipinski definition) is 7. The van der Waals surface area contributed by atoms with E-state index >= 15 is 0 Å². The predicted molar refractivity (Wildman–Crippen MR) is 556 cm³/mol. The lowest BCUT2D eigenvalue weighted by molar-refractivity contribution is 0.434. The molecule has 0 fully saturated rings. The molecule has 0 aliphatic carbocycles. The highest BCUT2D eigenvalue weighted by Crippen LogP contribution is 2.41. The molecule has 7 nitrogen and oxygen atoms in total. The summed E-state index contributed by atoms with van der Waals surface area (Å²) in [4.78, 5) is 0. The average molecular weight is 1980 g/mol. The Morgan fingerprint density at radius 2 is 0.447 bits per heavy atom. The summed E-state index contributed by atoms with van der Waals surface area (Å²) in [7, 11) is 0. The molecule has 0 aliphatic rings. The molecule has 14 rings (SSSR count). The molecular formula is C111H117Cl10F4N7. The lowest BCUT2D eigenvalue weighted by Crippen LogP contribution is -2.29. The minimum Gasteiger partial charge on any atom is -0.330 e. The van der Waals surface area contributed by atoms with E-state index in [0.29, 0.717) is 67.5 Å². The summed E-state index contributed by atoms with van der Waals surface area (Å²) in [6, 6.07) is 105. The maximum Gasteiger partial charge on any atom is 0.127 e. The van der Waals surface area contributed by atoms with Crippen molar-refractivity contribution in [3.05, 3.63) is 491 Å². The fraction of sp³-hybridized carbons (Fsp3) is 0.243. The summed E-state index contributed by atoms with van der Waals surface area (Å²) in [5, 5.41) is 7.44. The molecule has 0 aromatic heterocycles. The van der Waals surface area contributed by atoms with Crippen LogP contribution in [0.1, 0.15) is 187 Å². The van der Waals surface area contributed by atoms with Crippen molar-refractivity contribution in [2.45, 2.75) is 127 Å². The number of halogens is 14. The Morgan fingerprint density at radius 3 is 0.667 bits per heavy atom. The molecule has 0 amide bonds. The SMILES string of the molecule is CC(N)C(C)C(c1cccc(Cl)c1)c1cccc(Cl)c1.C[C@@H](CN)C(c1cccc(Cl)c1)c1cccc(Cl)c1.C[C@@H](N)CC(c1cccc(Cl)c1)c1cccc(Cl)c1.C[C@H](CN)C(c1cccc(Cl)c1)c1cccc(Cl)c1.C[C@H](N)CC(c1cccc(Cl)c1)c1cccc(Cl)c1.NCCC(c1cccc(F)c1)c1ccccc1F.NCCC(c1ccccc1F)c1ccccc1F. The molecule has 21 heteroatoms. The molecule has 0 spiro atoms. The molecule has 14 aromatic rings. The van der Waals surface area contributed by atoms with E-state index < -0.39 is 0 Å². The van der Waals surface area contributed by atoms with Crippen LogP contribution in [0.3, 0.4) is 0 Å². The summed E-state index contributed by atoms with van der Waals surface area (Å²) >= 11 is 61.0. The van der Waals surface area contributed by atoms with Gasteiger partial charge in [-0.15, -0.1) is 0 Å². The molecular weight excluding hydrogens is 1860 g/mol. The topological polar surface area (TPSA) is 182 Å². The van der Waals surface area contributed by atoms with Crippen molar-refractivity contribution in [1.82, 2.24) is 0 Å². The van der Waals surface area contributed by atoms with Gasteiger partial charge in [-0.3, -0.25) is 0 Å². The highest BCUT2D eigenvalue weighted by atomic mass is 35.5. The van der Waals surface area contributed by atoms with Gasteiger partial charge in [-0.2, -0.15) is 0 Å². The third kappa shape index (κ3) is 35.0. The van der Waals surface area contributed by atoms with Crippen molar-refractivity contribution in [3.8, 4) is 0 Å². The van der Waals surface area contributed by atoms with Crippen LogP contribution in [0.5, 0.6) is 0 Å². The molecule has 14 N–H and O–H groups in total. The zero-order valence-electron chi connectivity index (χ0n) is 74.8. The second kappa shape index (κ2) is 56.7. The van der Waals surface area contributed by atoms with Crippen molar-refractivity contribution in [2.75, 3.05) is 26.2 Å². The molecule has 0 saturated carbocycles. The van der Waals surface area contributed by atoms with Gasteiger partial charge in [0, 0.05) is 110 Å². The van der Waals surface area contributed by atoms with Crippen LogP contribution in [0.4, 0.5) is 17.6 Å². The van der Waals surface area contributed by atoms with Crippen LogP contribution in [0.25, 0.3) is 0 Å². The predicted octanol–water partition coefficient (Wildman–Crippen LogP) is 31.2. The highest BCUT2D eigenvalue weighted by molar-refractivity contribution is 6.33. The van der Waals surface area contributed by atoms with Gasteiger partial charge in [0.2, 0.25) is 0 Å². The molecule has 0 radical (unpaired) electrons.